The Hall–Kier alpha value is -2.06. The highest BCUT2D eigenvalue weighted by atomic mass is 79.9. The quantitative estimate of drug-likeness (QED) is 0.939. The molecule has 5 heteroatoms. The highest BCUT2D eigenvalue weighted by molar-refractivity contribution is 9.10. The molecule has 2 aromatic rings. The SMILES string of the molecule is COc1cc(CNc2ccc(C#N)cc2Br)ccn1. The van der Waals surface area contributed by atoms with Crippen LogP contribution in [0.2, 0.25) is 0 Å². The maximum absolute atomic E-state index is 8.81. The van der Waals surface area contributed by atoms with Crippen LogP contribution in [0.5, 0.6) is 5.88 Å². The minimum absolute atomic E-state index is 0.596. The average Bonchev–Trinajstić information content (AvgIpc) is 2.46. The van der Waals surface area contributed by atoms with Gasteiger partial charge in [-0.15, -0.1) is 0 Å². The van der Waals surface area contributed by atoms with Gasteiger partial charge in [-0.2, -0.15) is 5.26 Å². The number of hydrogen-bond acceptors (Lipinski definition) is 4. The van der Waals surface area contributed by atoms with E-state index in [2.05, 4.69) is 32.3 Å². The number of anilines is 1. The second-order valence-electron chi connectivity index (χ2n) is 3.87. The molecule has 0 bridgehead atoms. The predicted octanol–water partition coefficient (Wildman–Crippen LogP) is 3.34. The molecule has 19 heavy (non-hydrogen) atoms. The molecular weight excluding hydrogens is 306 g/mol. The molecule has 1 aromatic heterocycles. The van der Waals surface area contributed by atoms with Crippen molar-refractivity contribution in [3.05, 3.63) is 52.1 Å². The highest BCUT2D eigenvalue weighted by Gasteiger charge is 2.02. The lowest BCUT2D eigenvalue weighted by molar-refractivity contribution is 0.397. The summed E-state index contributed by atoms with van der Waals surface area (Å²) >= 11 is 3.44. The number of nitrogens with zero attached hydrogens (tertiary/aromatic N) is 2. The third-order valence-corrected chi connectivity index (χ3v) is 3.25. The molecule has 0 aliphatic rings. The number of pyridine rings is 1. The molecule has 0 fully saturated rings. The van der Waals surface area contributed by atoms with Crippen LogP contribution in [0.25, 0.3) is 0 Å². The number of ether oxygens (including phenoxy) is 1. The fraction of sp³-hybridized carbons (Fsp3) is 0.143. The lowest BCUT2D eigenvalue weighted by atomic mass is 10.2. The van der Waals surface area contributed by atoms with E-state index in [4.69, 9.17) is 10.00 Å². The van der Waals surface area contributed by atoms with E-state index in [-0.39, 0.29) is 0 Å². The van der Waals surface area contributed by atoms with Crippen LogP contribution in [0.3, 0.4) is 0 Å². The second kappa shape index (κ2) is 6.21. The molecule has 4 nitrogen and oxygen atoms in total. The molecule has 96 valence electrons. The van der Waals surface area contributed by atoms with Gasteiger partial charge in [0.05, 0.1) is 18.7 Å². The summed E-state index contributed by atoms with van der Waals surface area (Å²) in [7, 11) is 1.59. The summed E-state index contributed by atoms with van der Waals surface area (Å²) in [6.45, 7) is 0.656. The van der Waals surface area contributed by atoms with E-state index in [9.17, 15) is 0 Å². The molecule has 2 rings (SSSR count). The van der Waals surface area contributed by atoms with Gasteiger partial charge in [0, 0.05) is 29.0 Å². The van der Waals surface area contributed by atoms with E-state index in [1.54, 1.807) is 25.4 Å². The largest absolute Gasteiger partial charge is 0.481 e. The Balaban J connectivity index is 2.08. The summed E-state index contributed by atoms with van der Waals surface area (Å²) < 4.78 is 5.94. The van der Waals surface area contributed by atoms with Crippen LogP contribution in [-0.4, -0.2) is 12.1 Å². The monoisotopic (exact) mass is 317 g/mol. The Labute approximate surface area is 120 Å². The normalized spacial score (nSPS) is 9.74. The number of benzene rings is 1. The van der Waals surface area contributed by atoms with Crippen LogP contribution in [0.1, 0.15) is 11.1 Å². The van der Waals surface area contributed by atoms with Crippen molar-refractivity contribution in [1.29, 1.82) is 5.26 Å². The third kappa shape index (κ3) is 3.46. The molecule has 0 saturated heterocycles. The molecule has 0 atom stereocenters. The molecule has 0 aliphatic heterocycles. The van der Waals surface area contributed by atoms with E-state index >= 15 is 0 Å². The minimum atomic E-state index is 0.596. The summed E-state index contributed by atoms with van der Waals surface area (Å²) in [6.07, 6.45) is 1.71. The zero-order chi connectivity index (χ0) is 13.7. The first-order valence-electron chi connectivity index (χ1n) is 5.65. The Morgan fingerprint density at radius 1 is 1.37 bits per heavy atom. The van der Waals surface area contributed by atoms with Gasteiger partial charge in [-0.3, -0.25) is 0 Å². The molecule has 0 amide bonds. The first kappa shape index (κ1) is 13.4. The van der Waals surface area contributed by atoms with Gasteiger partial charge in [-0.1, -0.05) is 0 Å². The Morgan fingerprint density at radius 3 is 2.89 bits per heavy atom. The number of nitrogens with one attached hydrogen (secondary N) is 1. The molecule has 0 aliphatic carbocycles. The topological polar surface area (TPSA) is 57.9 Å². The highest BCUT2D eigenvalue weighted by Crippen LogP contribution is 2.24. The lowest BCUT2D eigenvalue weighted by Gasteiger charge is -2.09. The Morgan fingerprint density at radius 2 is 2.21 bits per heavy atom. The van der Waals surface area contributed by atoms with Crippen LogP contribution < -0.4 is 10.1 Å². The number of nitriles is 1. The Bertz CT molecular complexity index is 622. The predicted molar refractivity (Wildman–Crippen MR) is 77.0 cm³/mol. The lowest BCUT2D eigenvalue weighted by Crippen LogP contribution is -2.01. The van der Waals surface area contributed by atoms with Gasteiger partial charge in [-0.05, 0) is 45.8 Å². The number of halogens is 1. The van der Waals surface area contributed by atoms with E-state index < -0.39 is 0 Å². The molecule has 0 unspecified atom stereocenters. The van der Waals surface area contributed by atoms with Crippen molar-refractivity contribution in [1.82, 2.24) is 4.98 Å². The van der Waals surface area contributed by atoms with E-state index in [1.165, 1.54) is 0 Å². The summed E-state index contributed by atoms with van der Waals surface area (Å²) in [5, 5.41) is 12.1. The van der Waals surface area contributed by atoms with Crippen molar-refractivity contribution in [2.45, 2.75) is 6.54 Å². The van der Waals surface area contributed by atoms with Crippen molar-refractivity contribution in [2.75, 3.05) is 12.4 Å². The van der Waals surface area contributed by atoms with Crippen LogP contribution in [0, 0.1) is 11.3 Å². The van der Waals surface area contributed by atoms with Crippen molar-refractivity contribution in [3.8, 4) is 11.9 Å². The van der Waals surface area contributed by atoms with Crippen molar-refractivity contribution >= 4 is 21.6 Å². The number of rotatable bonds is 4. The van der Waals surface area contributed by atoms with Gasteiger partial charge in [-0.25, -0.2) is 4.98 Å². The first-order valence-corrected chi connectivity index (χ1v) is 6.44. The zero-order valence-electron chi connectivity index (χ0n) is 10.4. The minimum Gasteiger partial charge on any atom is -0.481 e. The van der Waals surface area contributed by atoms with E-state index in [1.807, 2.05) is 18.2 Å². The second-order valence-corrected chi connectivity index (χ2v) is 4.72. The standard InChI is InChI=1S/C14H12BrN3O/c1-19-14-7-11(4-5-17-14)9-18-13-3-2-10(8-16)6-12(13)15/h2-7,18H,9H2,1H3. The fourth-order valence-electron chi connectivity index (χ4n) is 1.60. The summed E-state index contributed by atoms with van der Waals surface area (Å²) in [5.41, 5.74) is 2.64. The van der Waals surface area contributed by atoms with Crippen molar-refractivity contribution in [2.24, 2.45) is 0 Å². The molecule has 0 radical (unpaired) electrons. The van der Waals surface area contributed by atoms with Crippen molar-refractivity contribution in [3.63, 3.8) is 0 Å². The zero-order valence-corrected chi connectivity index (χ0v) is 11.9. The van der Waals surface area contributed by atoms with Gasteiger partial charge in [0.2, 0.25) is 5.88 Å². The first-order chi connectivity index (χ1) is 9.22. The molecule has 1 aromatic carbocycles. The smallest absolute Gasteiger partial charge is 0.213 e. The number of methoxy groups -OCH3 is 1. The molecular formula is C14H12BrN3O. The van der Waals surface area contributed by atoms with Gasteiger partial charge < -0.3 is 10.1 Å². The molecule has 0 saturated carbocycles. The maximum atomic E-state index is 8.81. The average molecular weight is 318 g/mol. The summed E-state index contributed by atoms with van der Waals surface area (Å²) in [5.74, 6) is 0.596. The maximum Gasteiger partial charge on any atom is 0.213 e. The van der Waals surface area contributed by atoms with Gasteiger partial charge in [0.1, 0.15) is 0 Å². The molecule has 1 N–H and O–H groups in total. The molecule has 0 spiro atoms. The number of hydrogen-bond donors (Lipinski definition) is 1. The molecule has 1 heterocycles. The van der Waals surface area contributed by atoms with E-state index in [0.29, 0.717) is 18.0 Å². The van der Waals surface area contributed by atoms with Crippen LogP contribution in [-0.2, 0) is 6.54 Å². The van der Waals surface area contributed by atoms with Crippen LogP contribution in [0.4, 0.5) is 5.69 Å². The van der Waals surface area contributed by atoms with Crippen LogP contribution in [0.15, 0.2) is 41.0 Å². The fourth-order valence-corrected chi connectivity index (χ4v) is 2.12. The number of aromatic nitrogens is 1. The summed E-state index contributed by atoms with van der Waals surface area (Å²) in [4.78, 5) is 4.06. The van der Waals surface area contributed by atoms with Gasteiger partial charge in [0.15, 0.2) is 0 Å². The van der Waals surface area contributed by atoms with Gasteiger partial charge in [0.25, 0.3) is 0 Å². The van der Waals surface area contributed by atoms with E-state index in [0.717, 1.165) is 15.7 Å². The summed E-state index contributed by atoms with van der Waals surface area (Å²) in [6, 6.07) is 11.3. The third-order valence-electron chi connectivity index (χ3n) is 2.59. The van der Waals surface area contributed by atoms with Crippen LogP contribution >= 0.6 is 15.9 Å². The van der Waals surface area contributed by atoms with Crippen molar-refractivity contribution < 1.29 is 4.74 Å². The Kier molecular flexibility index (Phi) is 4.37. The van der Waals surface area contributed by atoms with Gasteiger partial charge >= 0.3 is 0 Å².